The molecule has 1 aromatic heterocycles. The van der Waals surface area contributed by atoms with Gasteiger partial charge in [0.25, 0.3) is 0 Å². The second kappa shape index (κ2) is 6.04. The molecule has 2 N–H and O–H groups in total. The largest absolute Gasteiger partial charge is 0.326 e. The molecule has 0 unspecified atom stereocenters. The van der Waals surface area contributed by atoms with E-state index in [-0.39, 0.29) is 5.82 Å². The molecule has 0 saturated carbocycles. The van der Waals surface area contributed by atoms with Crippen LogP contribution >= 0.6 is 11.3 Å². The third-order valence-corrected chi connectivity index (χ3v) is 3.38. The van der Waals surface area contributed by atoms with Crippen molar-refractivity contribution in [1.82, 2.24) is 9.88 Å². The van der Waals surface area contributed by atoms with Crippen molar-refractivity contribution < 1.29 is 4.39 Å². The lowest BCUT2D eigenvalue weighted by Crippen LogP contribution is -2.19. The Morgan fingerprint density at radius 3 is 2.83 bits per heavy atom. The lowest BCUT2D eigenvalue weighted by molar-refractivity contribution is 0.314. The highest BCUT2D eigenvalue weighted by Crippen LogP contribution is 2.14. The summed E-state index contributed by atoms with van der Waals surface area (Å²) in [5.41, 5.74) is 10.4. The zero-order valence-corrected chi connectivity index (χ0v) is 11.1. The smallest absolute Gasteiger partial charge is 0.123 e. The Labute approximate surface area is 110 Å². The number of benzene rings is 1. The number of nitrogens with zero attached hydrogens (tertiary/aromatic N) is 2. The molecule has 18 heavy (non-hydrogen) atoms. The molecule has 2 aromatic rings. The summed E-state index contributed by atoms with van der Waals surface area (Å²) >= 11 is 1.58. The molecule has 96 valence electrons. The van der Waals surface area contributed by atoms with Gasteiger partial charge >= 0.3 is 0 Å². The summed E-state index contributed by atoms with van der Waals surface area (Å²) in [5.74, 6) is -0.218. The van der Waals surface area contributed by atoms with E-state index >= 15 is 0 Å². The second-order valence-corrected chi connectivity index (χ2v) is 4.99. The van der Waals surface area contributed by atoms with Gasteiger partial charge in [0, 0.05) is 25.0 Å². The first-order valence-corrected chi connectivity index (χ1v) is 6.66. The predicted molar refractivity (Wildman–Crippen MR) is 71.6 cm³/mol. The number of thiazole rings is 1. The van der Waals surface area contributed by atoms with Crippen LogP contribution in [0.25, 0.3) is 0 Å². The van der Waals surface area contributed by atoms with E-state index in [9.17, 15) is 4.39 Å². The normalized spacial score (nSPS) is 11.1. The Morgan fingerprint density at radius 2 is 2.17 bits per heavy atom. The van der Waals surface area contributed by atoms with Crippen molar-refractivity contribution in [2.24, 2.45) is 5.73 Å². The highest BCUT2D eigenvalue weighted by Gasteiger charge is 2.07. The fraction of sp³-hybridized carbons (Fsp3) is 0.308. The number of hydrogen-bond donors (Lipinski definition) is 1. The number of rotatable bonds is 5. The highest BCUT2D eigenvalue weighted by atomic mass is 32.1. The molecule has 0 amide bonds. The summed E-state index contributed by atoms with van der Waals surface area (Å²) in [4.78, 5) is 6.34. The fourth-order valence-electron chi connectivity index (χ4n) is 1.88. The van der Waals surface area contributed by atoms with E-state index in [2.05, 4.69) is 9.88 Å². The third-order valence-electron chi connectivity index (χ3n) is 2.74. The maximum Gasteiger partial charge on any atom is 0.123 e. The maximum absolute atomic E-state index is 13.2. The van der Waals surface area contributed by atoms with Crippen LogP contribution in [-0.2, 0) is 19.6 Å². The van der Waals surface area contributed by atoms with Gasteiger partial charge in [-0.25, -0.2) is 9.37 Å². The highest BCUT2D eigenvalue weighted by molar-refractivity contribution is 7.07. The molecule has 0 aliphatic carbocycles. The molecule has 0 spiro atoms. The molecule has 1 aromatic carbocycles. The van der Waals surface area contributed by atoms with Gasteiger partial charge in [0.15, 0.2) is 0 Å². The van der Waals surface area contributed by atoms with Gasteiger partial charge in [-0.15, -0.1) is 11.3 Å². The van der Waals surface area contributed by atoms with Gasteiger partial charge < -0.3 is 5.73 Å². The zero-order chi connectivity index (χ0) is 13.0. The van der Waals surface area contributed by atoms with Crippen molar-refractivity contribution in [3.05, 3.63) is 51.7 Å². The van der Waals surface area contributed by atoms with Crippen LogP contribution in [0.15, 0.2) is 29.1 Å². The van der Waals surface area contributed by atoms with Crippen molar-refractivity contribution >= 4 is 11.3 Å². The molecule has 0 fully saturated rings. The van der Waals surface area contributed by atoms with Crippen molar-refractivity contribution in [2.45, 2.75) is 19.6 Å². The number of hydrogen-bond acceptors (Lipinski definition) is 4. The summed E-state index contributed by atoms with van der Waals surface area (Å²) in [6.07, 6.45) is 0. The van der Waals surface area contributed by atoms with E-state index in [1.54, 1.807) is 23.5 Å². The van der Waals surface area contributed by atoms with Crippen LogP contribution in [-0.4, -0.2) is 16.9 Å². The number of nitrogens with two attached hydrogens (primary N) is 1. The minimum absolute atomic E-state index is 0.218. The first kappa shape index (κ1) is 13.1. The molecule has 0 atom stereocenters. The first-order chi connectivity index (χ1) is 8.69. The summed E-state index contributed by atoms with van der Waals surface area (Å²) in [6.45, 7) is 1.85. The molecular weight excluding hydrogens is 249 g/mol. The van der Waals surface area contributed by atoms with Crippen molar-refractivity contribution in [3.8, 4) is 0 Å². The molecule has 0 aliphatic heterocycles. The van der Waals surface area contributed by atoms with Gasteiger partial charge in [-0.3, -0.25) is 4.90 Å². The molecule has 2 rings (SSSR count). The van der Waals surface area contributed by atoms with Gasteiger partial charge in [-0.2, -0.15) is 0 Å². The Morgan fingerprint density at radius 1 is 1.33 bits per heavy atom. The molecule has 0 saturated heterocycles. The maximum atomic E-state index is 13.2. The van der Waals surface area contributed by atoms with Crippen LogP contribution < -0.4 is 5.73 Å². The Hall–Kier alpha value is -1.30. The Kier molecular flexibility index (Phi) is 4.41. The molecule has 5 heteroatoms. The standard InChI is InChI=1S/C13H16FN3S/c1-17(7-13-8-18-9-16-13)6-11-4-12(14)3-2-10(11)5-15/h2-4,8-9H,5-7,15H2,1H3. The summed E-state index contributed by atoms with van der Waals surface area (Å²) in [6, 6.07) is 4.76. The van der Waals surface area contributed by atoms with Crippen LogP contribution in [0, 0.1) is 5.82 Å². The van der Waals surface area contributed by atoms with Gasteiger partial charge in [0.1, 0.15) is 5.82 Å². The monoisotopic (exact) mass is 265 g/mol. The molecule has 0 radical (unpaired) electrons. The summed E-state index contributed by atoms with van der Waals surface area (Å²) in [5, 5.41) is 2.02. The van der Waals surface area contributed by atoms with Crippen molar-refractivity contribution in [2.75, 3.05) is 7.05 Å². The van der Waals surface area contributed by atoms with Crippen molar-refractivity contribution in [3.63, 3.8) is 0 Å². The molecule has 1 heterocycles. The molecular formula is C13H16FN3S. The molecule has 3 nitrogen and oxygen atoms in total. The van der Waals surface area contributed by atoms with Crippen LogP contribution in [0.3, 0.4) is 0 Å². The van der Waals surface area contributed by atoms with E-state index in [1.807, 2.05) is 17.9 Å². The average Bonchev–Trinajstić information content (AvgIpc) is 2.82. The fourth-order valence-corrected chi connectivity index (χ4v) is 2.43. The van der Waals surface area contributed by atoms with Gasteiger partial charge in [0.05, 0.1) is 11.2 Å². The van der Waals surface area contributed by atoms with Crippen molar-refractivity contribution in [1.29, 1.82) is 0 Å². The van der Waals surface area contributed by atoms with E-state index in [1.165, 1.54) is 6.07 Å². The molecule has 0 bridgehead atoms. The Bertz CT molecular complexity index is 499. The summed E-state index contributed by atoms with van der Waals surface area (Å²) < 4.78 is 13.2. The number of halogens is 1. The summed E-state index contributed by atoms with van der Waals surface area (Å²) in [7, 11) is 1.99. The van der Waals surface area contributed by atoms with Crippen LogP contribution in [0.2, 0.25) is 0 Å². The first-order valence-electron chi connectivity index (χ1n) is 5.72. The SMILES string of the molecule is CN(Cc1cscn1)Cc1cc(F)ccc1CN. The molecule has 0 aliphatic rings. The van der Waals surface area contributed by atoms with E-state index in [0.29, 0.717) is 13.1 Å². The van der Waals surface area contributed by atoms with Crippen LogP contribution in [0.5, 0.6) is 0 Å². The predicted octanol–water partition coefficient (Wildman–Crippen LogP) is 2.37. The van der Waals surface area contributed by atoms with Gasteiger partial charge in [-0.1, -0.05) is 6.07 Å². The van der Waals surface area contributed by atoms with Crippen LogP contribution in [0.1, 0.15) is 16.8 Å². The van der Waals surface area contributed by atoms with Gasteiger partial charge in [0.2, 0.25) is 0 Å². The van der Waals surface area contributed by atoms with Crippen LogP contribution in [0.4, 0.5) is 4.39 Å². The van der Waals surface area contributed by atoms with E-state index < -0.39 is 0 Å². The van der Waals surface area contributed by atoms with E-state index in [0.717, 1.165) is 23.4 Å². The second-order valence-electron chi connectivity index (χ2n) is 4.27. The number of aromatic nitrogens is 1. The lowest BCUT2D eigenvalue weighted by Gasteiger charge is -2.17. The Balaban J connectivity index is 2.06. The topological polar surface area (TPSA) is 42.2 Å². The minimum atomic E-state index is -0.218. The lowest BCUT2D eigenvalue weighted by atomic mass is 10.1. The quantitative estimate of drug-likeness (QED) is 0.902. The van der Waals surface area contributed by atoms with E-state index in [4.69, 9.17) is 5.73 Å². The van der Waals surface area contributed by atoms with Gasteiger partial charge in [-0.05, 0) is 30.3 Å². The zero-order valence-electron chi connectivity index (χ0n) is 10.3. The third kappa shape index (κ3) is 3.35. The average molecular weight is 265 g/mol. The minimum Gasteiger partial charge on any atom is -0.326 e.